The molecule has 0 saturated heterocycles. The largest absolute Gasteiger partial charge is 0.496 e. The van der Waals surface area contributed by atoms with Crippen molar-refractivity contribution < 1.29 is 19.0 Å². The van der Waals surface area contributed by atoms with Crippen molar-refractivity contribution in [1.29, 1.82) is 0 Å². The van der Waals surface area contributed by atoms with Gasteiger partial charge in [-0.2, -0.15) is 5.10 Å². The van der Waals surface area contributed by atoms with Crippen LogP contribution in [0.5, 0.6) is 5.75 Å². The van der Waals surface area contributed by atoms with Crippen molar-refractivity contribution in [2.45, 2.75) is 5.92 Å². The molecule has 2 N–H and O–H groups in total. The van der Waals surface area contributed by atoms with Gasteiger partial charge in [-0.15, -0.1) is 0 Å². The number of para-hydroxylation sites is 1. The zero-order chi connectivity index (χ0) is 17.1. The Morgan fingerprint density at radius 3 is 2.71 bits per heavy atom. The number of nitrogens with zero attached hydrogens (tertiary/aromatic N) is 1. The van der Waals surface area contributed by atoms with Crippen LogP contribution in [0.3, 0.4) is 0 Å². The molecule has 7 heteroatoms. The minimum Gasteiger partial charge on any atom is -0.496 e. The number of aromatic amines is 1. The molecule has 0 saturated carbocycles. The fourth-order valence-electron chi connectivity index (χ4n) is 3.00. The summed E-state index contributed by atoms with van der Waals surface area (Å²) in [5, 5.41) is 10.2. The number of esters is 1. The van der Waals surface area contributed by atoms with Gasteiger partial charge in [-0.3, -0.25) is 5.10 Å². The van der Waals surface area contributed by atoms with Crippen molar-refractivity contribution in [3.05, 3.63) is 52.9 Å². The highest BCUT2D eigenvalue weighted by atomic mass is 16.5. The Labute approximate surface area is 139 Å². The van der Waals surface area contributed by atoms with E-state index in [1.165, 1.54) is 7.11 Å². The van der Waals surface area contributed by atoms with Crippen molar-refractivity contribution in [2.24, 2.45) is 0 Å². The van der Waals surface area contributed by atoms with E-state index in [4.69, 9.17) is 14.2 Å². The molecule has 1 aromatic carbocycles. The van der Waals surface area contributed by atoms with Gasteiger partial charge in [-0.1, -0.05) is 18.2 Å². The van der Waals surface area contributed by atoms with Crippen molar-refractivity contribution in [3.8, 4) is 5.75 Å². The first-order chi connectivity index (χ1) is 11.7. The molecule has 0 aliphatic carbocycles. The van der Waals surface area contributed by atoms with E-state index >= 15 is 0 Å². The number of fused-ring (bicyclic) bond motifs is 1. The lowest BCUT2D eigenvalue weighted by atomic mass is 9.82. The average molecular weight is 329 g/mol. The fourth-order valence-corrected chi connectivity index (χ4v) is 3.00. The number of ether oxygens (including phenoxy) is 3. The van der Waals surface area contributed by atoms with Gasteiger partial charge in [0.2, 0.25) is 0 Å². The molecule has 3 rings (SSSR count). The van der Waals surface area contributed by atoms with Crippen LogP contribution in [-0.2, 0) is 14.3 Å². The van der Waals surface area contributed by atoms with Gasteiger partial charge < -0.3 is 19.5 Å². The average Bonchev–Trinajstić information content (AvgIpc) is 3.08. The van der Waals surface area contributed by atoms with E-state index in [0.717, 1.165) is 16.9 Å². The predicted octanol–water partition coefficient (Wildman–Crippen LogP) is 2.05. The zero-order valence-electron chi connectivity index (χ0n) is 13.8. The summed E-state index contributed by atoms with van der Waals surface area (Å²) in [5.74, 6) is 0.631. The second-order valence-electron chi connectivity index (χ2n) is 5.32. The van der Waals surface area contributed by atoms with Crippen LogP contribution in [0.1, 0.15) is 17.0 Å². The van der Waals surface area contributed by atoms with Crippen LogP contribution in [0.15, 0.2) is 41.7 Å². The summed E-state index contributed by atoms with van der Waals surface area (Å²) in [6.07, 6.45) is 1.70. The molecule has 1 aliphatic heterocycles. The van der Waals surface area contributed by atoms with Gasteiger partial charge in [0.25, 0.3) is 0 Å². The van der Waals surface area contributed by atoms with Crippen LogP contribution in [0, 0.1) is 0 Å². The van der Waals surface area contributed by atoms with Crippen molar-refractivity contribution in [2.75, 3.05) is 33.3 Å². The maximum Gasteiger partial charge on any atom is 0.336 e. The molecule has 2 heterocycles. The second kappa shape index (κ2) is 6.76. The summed E-state index contributed by atoms with van der Waals surface area (Å²) in [7, 11) is 4.54. The predicted molar refractivity (Wildman–Crippen MR) is 88.0 cm³/mol. The first-order valence-electron chi connectivity index (χ1n) is 7.44. The Morgan fingerprint density at radius 1 is 1.21 bits per heavy atom. The summed E-state index contributed by atoms with van der Waals surface area (Å²) in [6.45, 7) is 0.245. The van der Waals surface area contributed by atoms with Gasteiger partial charge in [-0.25, -0.2) is 4.79 Å². The lowest BCUT2D eigenvalue weighted by Gasteiger charge is -2.29. The molecule has 1 aliphatic rings. The third-order valence-corrected chi connectivity index (χ3v) is 4.01. The molecule has 0 fully saturated rings. The van der Waals surface area contributed by atoms with Gasteiger partial charge in [0, 0.05) is 18.2 Å². The van der Waals surface area contributed by atoms with Crippen LogP contribution in [0.25, 0.3) is 0 Å². The quantitative estimate of drug-likeness (QED) is 0.817. The molecule has 1 unspecified atom stereocenters. The highest BCUT2D eigenvalue weighted by molar-refractivity contribution is 5.94. The van der Waals surface area contributed by atoms with Crippen LogP contribution in [-0.4, -0.2) is 44.1 Å². The minimum atomic E-state index is -0.419. The van der Waals surface area contributed by atoms with Gasteiger partial charge in [0.1, 0.15) is 11.6 Å². The summed E-state index contributed by atoms with van der Waals surface area (Å²) in [4.78, 5) is 12.5. The van der Waals surface area contributed by atoms with Crippen LogP contribution in [0.4, 0.5) is 5.82 Å². The molecule has 1 aromatic heterocycles. The number of aromatic nitrogens is 2. The lowest BCUT2D eigenvalue weighted by Crippen LogP contribution is -2.26. The molecule has 7 nitrogen and oxygen atoms in total. The summed E-state index contributed by atoms with van der Waals surface area (Å²) in [6, 6.07) is 7.59. The first-order valence-corrected chi connectivity index (χ1v) is 7.44. The Balaban J connectivity index is 2.23. The lowest BCUT2D eigenvalue weighted by molar-refractivity contribution is -0.136. The van der Waals surface area contributed by atoms with Gasteiger partial charge in [0.15, 0.2) is 0 Å². The van der Waals surface area contributed by atoms with Gasteiger partial charge in [-0.05, 0) is 6.07 Å². The monoisotopic (exact) mass is 329 g/mol. The standard InChI is InChI=1S/C17H19N3O4/c1-22-9-12-15(17(21)24-3)14(11-8-18-20-16(11)19-12)10-6-4-5-7-13(10)23-2/h4-8,14H,9H2,1-3H3,(H2,18,19,20). The van der Waals surface area contributed by atoms with Gasteiger partial charge >= 0.3 is 5.97 Å². The van der Waals surface area contributed by atoms with Crippen molar-refractivity contribution >= 4 is 11.8 Å². The highest BCUT2D eigenvalue weighted by Gasteiger charge is 2.36. The summed E-state index contributed by atoms with van der Waals surface area (Å²) in [5.41, 5.74) is 2.83. The number of carbonyl (C=O) groups is 1. The normalized spacial score (nSPS) is 16.4. The van der Waals surface area contributed by atoms with Gasteiger partial charge in [0.05, 0.1) is 44.2 Å². The van der Waals surface area contributed by atoms with E-state index in [0.29, 0.717) is 17.0 Å². The van der Waals surface area contributed by atoms with E-state index in [1.54, 1.807) is 20.4 Å². The zero-order valence-corrected chi connectivity index (χ0v) is 13.8. The number of benzene rings is 1. The number of hydrogen-bond acceptors (Lipinski definition) is 6. The number of rotatable bonds is 5. The molecule has 126 valence electrons. The van der Waals surface area contributed by atoms with Crippen LogP contribution in [0.2, 0.25) is 0 Å². The maximum absolute atomic E-state index is 12.5. The highest BCUT2D eigenvalue weighted by Crippen LogP contribution is 2.44. The van der Waals surface area contributed by atoms with Crippen molar-refractivity contribution in [3.63, 3.8) is 0 Å². The maximum atomic E-state index is 12.5. The summed E-state index contributed by atoms with van der Waals surface area (Å²) >= 11 is 0. The molecule has 2 aromatic rings. The smallest absolute Gasteiger partial charge is 0.336 e. The Morgan fingerprint density at radius 2 is 2.00 bits per heavy atom. The molecule has 0 bridgehead atoms. The number of methoxy groups -OCH3 is 3. The molecular weight excluding hydrogens is 310 g/mol. The Kier molecular flexibility index (Phi) is 4.52. The summed E-state index contributed by atoms with van der Waals surface area (Å²) < 4.78 is 15.8. The molecular formula is C17H19N3O4. The number of hydrogen-bond donors (Lipinski definition) is 2. The van der Waals surface area contributed by atoms with E-state index < -0.39 is 5.97 Å². The number of anilines is 1. The minimum absolute atomic E-state index is 0.245. The van der Waals surface area contributed by atoms with E-state index in [1.807, 2.05) is 24.3 Å². The number of H-pyrrole nitrogens is 1. The van der Waals surface area contributed by atoms with Crippen LogP contribution >= 0.6 is 0 Å². The molecule has 1 atom stereocenters. The number of carbonyl (C=O) groups excluding carboxylic acids is 1. The fraction of sp³-hybridized carbons (Fsp3) is 0.294. The molecule has 24 heavy (non-hydrogen) atoms. The van der Waals surface area contributed by atoms with E-state index in [2.05, 4.69) is 15.5 Å². The topological polar surface area (TPSA) is 85.5 Å². The third kappa shape index (κ3) is 2.63. The van der Waals surface area contributed by atoms with Crippen molar-refractivity contribution in [1.82, 2.24) is 10.2 Å². The van der Waals surface area contributed by atoms with E-state index in [9.17, 15) is 4.79 Å². The first kappa shape index (κ1) is 16.1. The number of nitrogens with one attached hydrogen (secondary N) is 2. The Bertz CT molecular complexity index is 782. The third-order valence-electron chi connectivity index (χ3n) is 4.01. The Hall–Kier alpha value is -2.80. The van der Waals surface area contributed by atoms with E-state index in [-0.39, 0.29) is 12.5 Å². The SMILES string of the molecule is COCC1=C(C(=O)OC)C(c2ccccc2OC)c2cn[nH]c2N1. The molecule has 0 amide bonds. The molecule has 0 spiro atoms. The van der Waals surface area contributed by atoms with Crippen LogP contribution < -0.4 is 10.1 Å². The second-order valence-corrected chi connectivity index (χ2v) is 5.32. The molecule has 0 radical (unpaired) electrons.